The summed E-state index contributed by atoms with van der Waals surface area (Å²) in [6, 6.07) is 0.623. The zero-order valence-corrected chi connectivity index (χ0v) is 6.50. The molecule has 5 heteroatoms. The fourth-order valence-corrected chi connectivity index (χ4v) is 1.54. The van der Waals surface area contributed by atoms with Crippen molar-refractivity contribution in [2.24, 2.45) is 0 Å². The average molecular weight is 143 g/mol. The molecule has 2 aliphatic heterocycles. The highest BCUT2D eigenvalue weighted by Gasteiger charge is 2.52. The second kappa shape index (κ2) is 1.90. The predicted molar refractivity (Wildman–Crippen MR) is 36.9 cm³/mol. The van der Waals surface area contributed by atoms with Crippen LogP contribution in [0.15, 0.2) is 0 Å². The third-order valence-corrected chi connectivity index (χ3v) is 2.16. The van der Waals surface area contributed by atoms with Crippen molar-refractivity contribution in [3.8, 4) is 0 Å². The van der Waals surface area contributed by atoms with Crippen LogP contribution in [0.2, 0.25) is 0 Å². The van der Waals surface area contributed by atoms with Crippen molar-refractivity contribution in [2.45, 2.75) is 19.1 Å². The molecule has 5 nitrogen and oxygen atoms in total. The van der Waals surface area contributed by atoms with E-state index in [2.05, 4.69) is 28.0 Å². The Labute approximate surface area is 60.4 Å². The highest BCUT2D eigenvalue weighted by atomic mass is 16.0. The Morgan fingerprint density at radius 3 is 2.50 bits per heavy atom. The minimum Gasteiger partial charge on any atom is -0.212 e. The molecule has 3 atom stereocenters. The van der Waals surface area contributed by atoms with E-state index in [-0.39, 0.29) is 0 Å². The molecule has 10 heavy (non-hydrogen) atoms. The molecule has 0 saturated carbocycles. The van der Waals surface area contributed by atoms with Crippen molar-refractivity contribution in [3.63, 3.8) is 0 Å². The fourth-order valence-electron chi connectivity index (χ4n) is 1.54. The number of nitrogens with one attached hydrogen (secondary N) is 2. The number of hydrogen-bond acceptors (Lipinski definition) is 5. The maximum absolute atomic E-state index is 3.02. The van der Waals surface area contributed by atoms with Crippen molar-refractivity contribution < 1.29 is 0 Å². The van der Waals surface area contributed by atoms with Crippen LogP contribution in [0.5, 0.6) is 0 Å². The molecule has 3 unspecified atom stereocenters. The summed E-state index contributed by atoms with van der Waals surface area (Å²) in [7, 11) is 4.03. The van der Waals surface area contributed by atoms with Crippen LogP contribution >= 0.6 is 0 Å². The first-order valence-electron chi connectivity index (χ1n) is 3.48. The van der Waals surface area contributed by atoms with E-state index < -0.39 is 0 Å². The van der Waals surface area contributed by atoms with Gasteiger partial charge in [0.25, 0.3) is 0 Å². The van der Waals surface area contributed by atoms with Crippen LogP contribution < -0.4 is 11.1 Å². The maximum Gasteiger partial charge on any atom is 0.109 e. The second-order valence-corrected chi connectivity index (χ2v) is 2.89. The minimum atomic E-state index is 0.534. The highest BCUT2D eigenvalue weighted by molar-refractivity contribution is 4.94. The van der Waals surface area contributed by atoms with Crippen LogP contribution in [-0.4, -0.2) is 41.4 Å². The Morgan fingerprint density at radius 2 is 1.90 bits per heavy atom. The standard InChI is InChI=1S/C5H13N5/c1-4-5-8(2)6-7-9(3)10(4)5/h4-7H,1-3H3. The number of hydrogen-bond donors (Lipinski definition) is 2. The van der Waals surface area contributed by atoms with Gasteiger partial charge in [0.2, 0.25) is 0 Å². The summed E-state index contributed by atoms with van der Waals surface area (Å²) in [6.07, 6.45) is 0.534. The molecule has 0 amide bonds. The van der Waals surface area contributed by atoms with Gasteiger partial charge in [-0.25, -0.2) is 10.0 Å². The van der Waals surface area contributed by atoms with Gasteiger partial charge in [0.1, 0.15) is 6.17 Å². The van der Waals surface area contributed by atoms with Crippen LogP contribution in [0, 0.1) is 0 Å². The minimum absolute atomic E-state index is 0.534. The molecule has 2 rings (SSSR count). The van der Waals surface area contributed by atoms with E-state index in [1.54, 1.807) is 0 Å². The van der Waals surface area contributed by atoms with Crippen LogP contribution in [0.4, 0.5) is 0 Å². The maximum atomic E-state index is 3.02. The molecule has 0 spiro atoms. The zero-order chi connectivity index (χ0) is 7.30. The normalized spacial score (nSPS) is 48.9. The van der Waals surface area contributed by atoms with Crippen molar-refractivity contribution >= 4 is 0 Å². The van der Waals surface area contributed by atoms with E-state index in [9.17, 15) is 0 Å². The first kappa shape index (κ1) is 6.51. The number of hydrazine groups is 4. The van der Waals surface area contributed by atoms with Gasteiger partial charge in [-0.1, -0.05) is 0 Å². The Hall–Kier alpha value is -0.200. The summed E-state index contributed by atoms with van der Waals surface area (Å²) in [4.78, 5) is 0. The van der Waals surface area contributed by atoms with E-state index >= 15 is 0 Å². The lowest BCUT2D eigenvalue weighted by atomic mass is 10.5. The first-order valence-corrected chi connectivity index (χ1v) is 3.48. The molecule has 0 radical (unpaired) electrons. The van der Waals surface area contributed by atoms with Gasteiger partial charge in [-0.2, -0.15) is 16.2 Å². The Balaban J connectivity index is 2.06. The van der Waals surface area contributed by atoms with Gasteiger partial charge in [0.15, 0.2) is 0 Å². The lowest BCUT2D eigenvalue weighted by Crippen LogP contribution is -2.60. The van der Waals surface area contributed by atoms with E-state index in [0.717, 1.165) is 0 Å². The molecule has 0 aliphatic carbocycles. The second-order valence-electron chi connectivity index (χ2n) is 2.89. The lowest BCUT2D eigenvalue weighted by molar-refractivity contribution is -0.0916. The Kier molecular flexibility index (Phi) is 1.23. The van der Waals surface area contributed by atoms with Crippen molar-refractivity contribution in [1.29, 1.82) is 0 Å². The Bertz CT molecular complexity index is 133. The molecular weight excluding hydrogens is 130 g/mol. The van der Waals surface area contributed by atoms with E-state index in [1.807, 2.05) is 19.2 Å². The van der Waals surface area contributed by atoms with Gasteiger partial charge in [-0.05, 0) is 6.92 Å². The number of likely N-dealkylation sites (N-methyl/N-ethyl adjacent to an activating group) is 1. The molecule has 2 N–H and O–H groups in total. The summed E-state index contributed by atoms with van der Waals surface area (Å²) < 4.78 is 0. The highest BCUT2D eigenvalue weighted by Crippen LogP contribution is 2.30. The van der Waals surface area contributed by atoms with Gasteiger partial charge < -0.3 is 0 Å². The molecule has 2 saturated heterocycles. The molecule has 0 bridgehead atoms. The van der Waals surface area contributed by atoms with Crippen molar-refractivity contribution in [2.75, 3.05) is 14.1 Å². The van der Waals surface area contributed by atoms with Crippen LogP contribution in [0.3, 0.4) is 0 Å². The summed E-state index contributed by atoms with van der Waals surface area (Å²) in [5, 5.41) is 6.27. The zero-order valence-electron chi connectivity index (χ0n) is 6.50. The van der Waals surface area contributed by atoms with Gasteiger partial charge in [0.05, 0.1) is 6.04 Å². The SMILES string of the molecule is CC1C2N(C)NNN(C)N12. The average Bonchev–Trinajstić information content (AvgIpc) is 2.55. The third kappa shape index (κ3) is 0.694. The lowest BCUT2D eigenvalue weighted by Gasteiger charge is -2.30. The van der Waals surface area contributed by atoms with Crippen molar-refractivity contribution in [3.05, 3.63) is 0 Å². The summed E-state index contributed by atoms with van der Waals surface area (Å²) in [5.41, 5.74) is 6.01. The van der Waals surface area contributed by atoms with Gasteiger partial charge in [-0.15, -0.1) is 0 Å². The number of fused-ring (bicyclic) bond motifs is 1. The van der Waals surface area contributed by atoms with Gasteiger partial charge in [0, 0.05) is 14.1 Å². The third-order valence-electron chi connectivity index (χ3n) is 2.16. The molecule has 2 aliphatic rings. The quantitative estimate of drug-likeness (QED) is 0.413. The molecule has 2 heterocycles. The molecule has 0 aromatic carbocycles. The van der Waals surface area contributed by atoms with Crippen molar-refractivity contribution in [1.82, 2.24) is 26.2 Å². The van der Waals surface area contributed by atoms with E-state index in [4.69, 9.17) is 0 Å². The van der Waals surface area contributed by atoms with Gasteiger partial charge >= 0.3 is 0 Å². The molecule has 0 aromatic rings. The largest absolute Gasteiger partial charge is 0.212 e. The van der Waals surface area contributed by atoms with E-state index in [1.165, 1.54) is 0 Å². The topological polar surface area (TPSA) is 33.5 Å². The monoisotopic (exact) mass is 143 g/mol. The molecule has 0 aromatic heterocycles. The predicted octanol–water partition coefficient (Wildman–Crippen LogP) is -1.27. The number of nitrogens with zero attached hydrogens (tertiary/aromatic N) is 3. The summed E-state index contributed by atoms with van der Waals surface area (Å²) in [6.45, 7) is 2.20. The summed E-state index contributed by atoms with van der Waals surface area (Å²) >= 11 is 0. The Morgan fingerprint density at radius 1 is 1.20 bits per heavy atom. The smallest absolute Gasteiger partial charge is 0.109 e. The number of rotatable bonds is 0. The summed E-state index contributed by atoms with van der Waals surface area (Å²) in [5.74, 6) is 0. The van der Waals surface area contributed by atoms with Crippen LogP contribution in [-0.2, 0) is 0 Å². The molecule has 2 fully saturated rings. The van der Waals surface area contributed by atoms with Crippen LogP contribution in [0.25, 0.3) is 0 Å². The molecule has 58 valence electrons. The fraction of sp³-hybridized carbons (Fsp3) is 1.00. The van der Waals surface area contributed by atoms with Crippen LogP contribution in [0.1, 0.15) is 6.92 Å². The van der Waals surface area contributed by atoms with E-state index in [0.29, 0.717) is 12.2 Å². The first-order chi connectivity index (χ1) is 4.72. The molecular formula is C5H13N5. The van der Waals surface area contributed by atoms with Gasteiger partial charge in [-0.3, -0.25) is 0 Å².